The number of benzene rings is 1. The molecule has 2 rings (SSSR count). The Labute approximate surface area is 90.0 Å². The number of hydrogen-bond acceptors (Lipinski definition) is 3. The molecule has 82 valence electrons. The van der Waals surface area contributed by atoms with E-state index in [1.165, 1.54) is 0 Å². The zero-order valence-corrected chi connectivity index (χ0v) is 8.93. The second kappa shape index (κ2) is 3.93. The van der Waals surface area contributed by atoms with E-state index < -0.39 is 11.7 Å². The maximum Gasteiger partial charge on any atom is 0.118 e. The standard InChI is InChI=1S/C12H17NO2/c1-13-8-7-12(15,11(14)9-13)10-5-3-2-4-6-10/h2-6,11,14-15H,7-9H2,1H3/t11-,12-/m1/s1. The summed E-state index contributed by atoms with van der Waals surface area (Å²) in [6.45, 7) is 1.33. The van der Waals surface area contributed by atoms with Crippen LogP contribution >= 0.6 is 0 Å². The van der Waals surface area contributed by atoms with Crippen molar-refractivity contribution in [3.05, 3.63) is 35.9 Å². The lowest BCUT2D eigenvalue weighted by molar-refractivity contribution is -0.120. The van der Waals surface area contributed by atoms with Crippen molar-refractivity contribution >= 4 is 0 Å². The molecule has 1 heterocycles. The van der Waals surface area contributed by atoms with Crippen molar-refractivity contribution in [2.24, 2.45) is 0 Å². The SMILES string of the molecule is CN1CC[C@@](O)(c2ccccc2)[C@H](O)C1. The lowest BCUT2D eigenvalue weighted by Gasteiger charge is -2.41. The van der Waals surface area contributed by atoms with Crippen LogP contribution in [0.5, 0.6) is 0 Å². The van der Waals surface area contributed by atoms with Gasteiger partial charge in [-0.1, -0.05) is 30.3 Å². The monoisotopic (exact) mass is 207 g/mol. The van der Waals surface area contributed by atoms with E-state index in [0.717, 1.165) is 12.1 Å². The smallest absolute Gasteiger partial charge is 0.118 e. The summed E-state index contributed by atoms with van der Waals surface area (Å²) < 4.78 is 0. The molecular weight excluding hydrogens is 190 g/mol. The highest BCUT2D eigenvalue weighted by molar-refractivity contribution is 5.24. The van der Waals surface area contributed by atoms with Crippen LogP contribution in [-0.2, 0) is 5.60 Å². The summed E-state index contributed by atoms with van der Waals surface area (Å²) in [6, 6.07) is 9.42. The quantitative estimate of drug-likeness (QED) is 0.707. The third kappa shape index (κ3) is 1.91. The molecular formula is C12H17NO2. The minimum atomic E-state index is -1.08. The van der Waals surface area contributed by atoms with Crippen LogP contribution in [0.3, 0.4) is 0 Å². The molecule has 1 aliphatic rings. The van der Waals surface area contributed by atoms with Crippen molar-refractivity contribution in [2.75, 3.05) is 20.1 Å². The Morgan fingerprint density at radius 3 is 2.60 bits per heavy atom. The van der Waals surface area contributed by atoms with Gasteiger partial charge in [0, 0.05) is 13.1 Å². The zero-order chi connectivity index (χ0) is 10.9. The Morgan fingerprint density at radius 1 is 1.33 bits per heavy atom. The summed E-state index contributed by atoms with van der Waals surface area (Å²) in [5, 5.41) is 20.4. The van der Waals surface area contributed by atoms with Gasteiger partial charge in [-0.25, -0.2) is 0 Å². The van der Waals surface area contributed by atoms with Crippen molar-refractivity contribution in [2.45, 2.75) is 18.1 Å². The summed E-state index contributed by atoms with van der Waals surface area (Å²) in [5.74, 6) is 0. The Kier molecular flexibility index (Phi) is 2.78. The van der Waals surface area contributed by atoms with Crippen molar-refractivity contribution in [3.63, 3.8) is 0 Å². The van der Waals surface area contributed by atoms with Crippen molar-refractivity contribution in [1.29, 1.82) is 0 Å². The molecule has 0 radical (unpaired) electrons. The van der Waals surface area contributed by atoms with Crippen LogP contribution in [0.2, 0.25) is 0 Å². The predicted molar refractivity (Wildman–Crippen MR) is 58.5 cm³/mol. The maximum atomic E-state index is 10.5. The molecule has 2 atom stereocenters. The van der Waals surface area contributed by atoms with Gasteiger partial charge in [-0.2, -0.15) is 0 Å². The average molecular weight is 207 g/mol. The van der Waals surface area contributed by atoms with Gasteiger partial charge in [0.05, 0.1) is 6.10 Å². The lowest BCUT2D eigenvalue weighted by Crippen LogP contribution is -2.52. The van der Waals surface area contributed by atoms with Gasteiger partial charge in [0.2, 0.25) is 0 Å². The van der Waals surface area contributed by atoms with Crippen LogP contribution in [0.25, 0.3) is 0 Å². The van der Waals surface area contributed by atoms with E-state index in [4.69, 9.17) is 0 Å². The first-order valence-corrected chi connectivity index (χ1v) is 5.27. The fourth-order valence-corrected chi connectivity index (χ4v) is 2.13. The number of likely N-dealkylation sites (N-methyl/N-ethyl adjacent to an activating group) is 1. The number of aliphatic hydroxyl groups excluding tert-OH is 1. The van der Waals surface area contributed by atoms with Crippen molar-refractivity contribution in [3.8, 4) is 0 Å². The third-order valence-electron chi connectivity index (χ3n) is 3.18. The second-order valence-corrected chi connectivity index (χ2v) is 4.32. The number of aliphatic hydroxyl groups is 2. The molecule has 3 nitrogen and oxygen atoms in total. The minimum Gasteiger partial charge on any atom is -0.388 e. The van der Waals surface area contributed by atoms with Crippen LogP contribution in [0.4, 0.5) is 0 Å². The van der Waals surface area contributed by atoms with Gasteiger partial charge in [0.15, 0.2) is 0 Å². The molecule has 0 saturated carbocycles. The molecule has 0 aromatic heterocycles. The average Bonchev–Trinajstić information content (AvgIpc) is 2.25. The van der Waals surface area contributed by atoms with E-state index in [9.17, 15) is 10.2 Å². The number of nitrogens with zero attached hydrogens (tertiary/aromatic N) is 1. The number of β-amino-alcohol motifs (C(OH)–C–C–N with tert-alkyl or cyclic N) is 1. The molecule has 0 aliphatic carbocycles. The Bertz CT molecular complexity index is 328. The minimum absolute atomic E-state index is 0.519. The molecule has 15 heavy (non-hydrogen) atoms. The molecule has 0 bridgehead atoms. The summed E-state index contributed by atoms with van der Waals surface area (Å²) in [6.07, 6.45) is -0.132. The molecule has 0 spiro atoms. The highest BCUT2D eigenvalue weighted by Gasteiger charge is 2.40. The fraction of sp³-hybridized carbons (Fsp3) is 0.500. The van der Waals surface area contributed by atoms with E-state index in [0.29, 0.717) is 13.0 Å². The van der Waals surface area contributed by atoms with Crippen LogP contribution in [0.1, 0.15) is 12.0 Å². The van der Waals surface area contributed by atoms with Crippen molar-refractivity contribution < 1.29 is 10.2 Å². The van der Waals surface area contributed by atoms with E-state index in [2.05, 4.69) is 0 Å². The first-order chi connectivity index (χ1) is 7.13. The molecule has 1 fully saturated rings. The Balaban J connectivity index is 2.27. The van der Waals surface area contributed by atoms with Gasteiger partial charge in [-0.15, -0.1) is 0 Å². The topological polar surface area (TPSA) is 43.7 Å². The van der Waals surface area contributed by atoms with Gasteiger partial charge in [-0.3, -0.25) is 0 Å². The summed E-state index contributed by atoms with van der Waals surface area (Å²) in [7, 11) is 1.95. The number of rotatable bonds is 1. The number of piperidine rings is 1. The fourth-order valence-electron chi connectivity index (χ4n) is 2.13. The first kappa shape index (κ1) is 10.6. The molecule has 1 aromatic rings. The molecule has 0 unspecified atom stereocenters. The lowest BCUT2D eigenvalue weighted by atomic mass is 9.82. The summed E-state index contributed by atoms with van der Waals surface area (Å²) in [5.41, 5.74) is -0.265. The Hall–Kier alpha value is -0.900. The van der Waals surface area contributed by atoms with Gasteiger partial charge in [0.25, 0.3) is 0 Å². The van der Waals surface area contributed by atoms with Gasteiger partial charge < -0.3 is 15.1 Å². The van der Waals surface area contributed by atoms with E-state index in [1.54, 1.807) is 0 Å². The number of likely N-dealkylation sites (tertiary alicyclic amines) is 1. The summed E-state index contributed by atoms with van der Waals surface area (Å²) >= 11 is 0. The molecule has 3 heteroatoms. The van der Waals surface area contributed by atoms with E-state index >= 15 is 0 Å². The van der Waals surface area contributed by atoms with Crippen LogP contribution in [0.15, 0.2) is 30.3 Å². The normalized spacial score (nSPS) is 32.9. The van der Waals surface area contributed by atoms with Crippen molar-refractivity contribution in [1.82, 2.24) is 4.90 Å². The van der Waals surface area contributed by atoms with Crippen LogP contribution in [0, 0.1) is 0 Å². The van der Waals surface area contributed by atoms with Crippen LogP contribution < -0.4 is 0 Å². The molecule has 1 aliphatic heterocycles. The first-order valence-electron chi connectivity index (χ1n) is 5.27. The van der Waals surface area contributed by atoms with E-state index in [-0.39, 0.29) is 0 Å². The molecule has 2 N–H and O–H groups in total. The zero-order valence-electron chi connectivity index (χ0n) is 8.93. The molecule has 1 saturated heterocycles. The van der Waals surface area contributed by atoms with Crippen LogP contribution in [-0.4, -0.2) is 41.4 Å². The number of hydrogen-bond donors (Lipinski definition) is 2. The molecule has 0 amide bonds. The highest BCUT2D eigenvalue weighted by Crippen LogP contribution is 2.32. The van der Waals surface area contributed by atoms with E-state index in [1.807, 2.05) is 42.3 Å². The second-order valence-electron chi connectivity index (χ2n) is 4.32. The van der Waals surface area contributed by atoms with Gasteiger partial charge in [-0.05, 0) is 19.0 Å². The maximum absolute atomic E-state index is 10.5. The van der Waals surface area contributed by atoms with Gasteiger partial charge in [0.1, 0.15) is 5.60 Å². The van der Waals surface area contributed by atoms with Gasteiger partial charge >= 0.3 is 0 Å². The Morgan fingerprint density at radius 2 is 2.00 bits per heavy atom. The third-order valence-corrected chi connectivity index (χ3v) is 3.18. The molecule has 1 aromatic carbocycles. The predicted octanol–water partition coefficient (Wildman–Crippen LogP) is 0.571. The highest BCUT2D eigenvalue weighted by atomic mass is 16.3. The largest absolute Gasteiger partial charge is 0.388 e. The summed E-state index contributed by atoms with van der Waals surface area (Å²) in [4.78, 5) is 2.03.